The van der Waals surface area contributed by atoms with E-state index in [1.807, 2.05) is 12.1 Å². The number of hydrogen-bond acceptors (Lipinski definition) is 2. The first-order valence-electron chi connectivity index (χ1n) is 6.09. The zero-order chi connectivity index (χ0) is 14.5. The second-order valence-corrected chi connectivity index (χ2v) is 6.41. The van der Waals surface area contributed by atoms with Gasteiger partial charge in [0.05, 0.1) is 0 Å². The molecule has 0 spiro atoms. The second-order valence-electron chi connectivity index (χ2n) is 4.31. The summed E-state index contributed by atoms with van der Waals surface area (Å²) in [4.78, 5) is 0. The molecule has 0 bridgehead atoms. The van der Waals surface area contributed by atoms with Gasteiger partial charge in [-0.1, -0.05) is 36.4 Å². The topological polar surface area (TPSA) is 103 Å². The van der Waals surface area contributed by atoms with Crippen LogP contribution in [-0.2, 0) is 11.5 Å². The molecule has 0 amide bonds. The van der Waals surface area contributed by atoms with Gasteiger partial charge in [0.15, 0.2) is 0 Å². The molecule has 2 rings (SSSR count). The van der Waals surface area contributed by atoms with Crippen LogP contribution < -0.4 is 47.1 Å². The standard InChI is InChI=1S/C14H16N4S2.2ClH/c15-13(16)19-7-9-5-6-10(8-20-14(17)18)12-4-2-1-3-11(9)12;;/h1-6H,7-8H2,(H3,15,16)(H3,17,18);2*1H. The summed E-state index contributed by atoms with van der Waals surface area (Å²) in [6.07, 6.45) is 0. The van der Waals surface area contributed by atoms with Crippen molar-refractivity contribution in [2.75, 3.05) is 0 Å². The van der Waals surface area contributed by atoms with Crippen LogP contribution in [-0.4, -0.2) is 10.3 Å². The molecule has 8 heteroatoms. The molecule has 0 aliphatic carbocycles. The van der Waals surface area contributed by atoms with Crippen LogP contribution in [0.1, 0.15) is 11.1 Å². The number of fused-ring (bicyclic) bond motifs is 1. The van der Waals surface area contributed by atoms with Crippen molar-refractivity contribution >= 4 is 44.6 Å². The lowest BCUT2D eigenvalue weighted by atomic mass is 10.0. The fourth-order valence-corrected chi connectivity index (χ4v) is 3.15. The predicted molar refractivity (Wildman–Crippen MR) is 88.8 cm³/mol. The van der Waals surface area contributed by atoms with E-state index in [0.29, 0.717) is 10.3 Å². The molecule has 8 N–H and O–H groups in total. The van der Waals surface area contributed by atoms with Crippen molar-refractivity contribution in [3.8, 4) is 0 Å². The van der Waals surface area contributed by atoms with Crippen LogP contribution in [0.15, 0.2) is 36.4 Å². The SMILES string of the molecule is NC(=[NH2+])SCc1ccc(CSC(N)=[NH2+])c2ccccc12.[Cl-].[Cl-]. The van der Waals surface area contributed by atoms with Gasteiger partial charge in [-0.05, 0) is 45.4 Å². The van der Waals surface area contributed by atoms with Crippen LogP contribution >= 0.6 is 23.5 Å². The largest absolute Gasteiger partial charge is 1.00 e. The molecule has 0 aliphatic heterocycles. The summed E-state index contributed by atoms with van der Waals surface area (Å²) < 4.78 is 0. The maximum Gasteiger partial charge on any atom is 0.300 e. The Labute approximate surface area is 150 Å². The summed E-state index contributed by atoms with van der Waals surface area (Å²) >= 11 is 2.89. The number of thioether (sulfide) groups is 2. The zero-order valence-electron chi connectivity index (χ0n) is 11.8. The molecule has 0 aliphatic rings. The van der Waals surface area contributed by atoms with Gasteiger partial charge in [0, 0.05) is 11.5 Å². The lowest BCUT2D eigenvalue weighted by Gasteiger charge is -2.09. The highest BCUT2D eigenvalue weighted by atomic mass is 35.5. The molecule has 0 unspecified atom stereocenters. The van der Waals surface area contributed by atoms with E-state index < -0.39 is 0 Å². The van der Waals surface area contributed by atoms with E-state index in [4.69, 9.17) is 22.3 Å². The summed E-state index contributed by atoms with van der Waals surface area (Å²) in [6, 6.07) is 12.5. The Balaban J connectivity index is 0.00000220. The first kappa shape index (κ1) is 20.9. The summed E-state index contributed by atoms with van der Waals surface area (Å²) in [6.45, 7) is 0. The second kappa shape index (κ2) is 9.84. The predicted octanol–water partition coefficient (Wildman–Crippen LogP) is -6.54. The molecule has 2 aromatic carbocycles. The van der Waals surface area contributed by atoms with Gasteiger partial charge in [0.25, 0.3) is 10.3 Å². The molecular weight excluding hydrogens is 359 g/mol. The van der Waals surface area contributed by atoms with Gasteiger partial charge >= 0.3 is 0 Å². The molecule has 0 saturated heterocycles. The Bertz CT molecular complexity index is 608. The molecule has 22 heavy (non-hydrogen) atoms. The quantitative estimate of drug-likeness (QED) is 0.314. The minimum Gasteiger partial charge on any atom is -1.00 e. The molecule has 0 heterocycles. The molecule has 0 aromatic heterocycles. The first-order valence-corrected chi connectivity index (χ1v) is 8.06. The summed E-state index contributed by atoms with van der Waals surface area (Å²) in [5.74, 6) is 1.53. The molecule has 2 aromatic rings. The van der Waals surface area contributed by atoms with Crippen molar-refractivity contribution in [2.45, 2.75) is 11.5 Å². The van der Waals surface area contributed by atoms with E-state index >= 15 is 0 Å². The van der Waals surface area contributed by atoms with Gasteiger partial charge < -0.3 is 24.8 Å². The fourth-order valence-electron chi connectivity index (χ4n) is 2.00. The fraction of sp³-hybridized carbons (Fsp3) is 0.143. The van der Waals surface area contributed by atoms with Crippen molar-refractivity contribution < 1.29 is 35.6 Å². The smallest absolute Gasteiger partial charge is 0.300 e. The highest BCUT2D eigenvalue weighted by Gasteiger charge is 2.09. The molecule has 0 radical (unpaired) electrons. The number of hydrogen-bond donors (Lipinski definition) is 4. The van der Waals surface area contributed by atoms with Gasteiger partial charge in [-0.2, -0.15) is 0 Å². The summed E-state index contributed by atoms with van der Waals surface area (Å²) in [5.41, 5.74) is 13.5. The normalized spacial score (nSPS) is 9.64. The Morgan fingerprint density at radius 2 is 1.14 bits per heavy atom. The van der Waals surface area contributed by atoms with Crippen LogP contribution in [0.25, 0.3) is 10.8 Å². The third-order valence-corrected chi connectivity index (χ3v) is 4.47. The average Bonchev–Trinajstić information content (AvgIpc) is 2.43. The average molecular weight is 377 g/mol. The van der Waals surface area contributed by atoms with Gasteiger partial charge in [0.1, 0.15) is 0 Å². The van der Waals surface area contributed by atoms with Crippen LogP contribution in [0.2, 0.25) is 0 Å². The maximum absolute atomic E-state index is 5.52. The maximum atomic E-state index is 5.52. The lowest BCUT2D eigenvalue weighted by molar-refractivity contribution is -0.110. The number of nitrogens with two attached hydrogens (primary N) is 4. The Kier molecular flexibility index (Phi) is 9.36. The molecule has 0 saturated carbocycles. The van der Waals surface area contributed by atoms with Crippen molar-refractivity contribution in [3.05, 3.63) is 47.5 Å². The van der Waals surface area contributed by atoms with E-state index in [0.717, 1.165) is 11.5 Å². The lowest BCUT2D eigenvalue weighted by Crippen LogP contribution is -3.00. The monoisotopic (exact) mass is 376 g/mol. The van der Waals surface area contributed by atoms with E-state index in [2.05, 4.69) is 24.3 Å². The van der Waals surface area contributed by atoms with Crippen molar-refractivity contribution in [2.24, 2.45) is 11.5 Å². The zero-order valence-corrected chi connectivity index (χ0v) is 14.9. The van der Waals surface area contributed by atoms with E-state index in [1.54, 1.807) is 0 Å². The first-order chi connectivity index (χ1) is 9.58. The van der Waals surface area contributed by atoms with Crippen LogP contribution in [0.3, 0.4) is 0 Å². The van der Waals surface area contributed by atoms with E-state index in [9.17, 15) is 0 Å². The molecule has 120 valence electrons. The molecular formula is C14H18Cl2N4S2. The minimum atomic E-state index is 0. The Morgan fingerprint density at radius 3 is 1.45 bits per heavy atom. The minimum absolute atomic E-state index is 0. The van der Waals surface area contributed by atoms with Gasteiger partial charge in [0.2, 0.25) is 0 Å². The number of amidine groups is 2. The number of rotatable bonds is 4. The summed E-state index contributed by atoms with van der Waals surface area (Å²) in [7, 11) is 0. The van der Waals surface area contributed by atoms with E-state index in [1.165, 1.54) is 45.4 Å². The molecule has 4 nitrogen and oxygen atoms in total. The Morgan fingerprint density at radius 1 is 0.773 bits per heavy atom. The van der Waals surface area contributed by atoms with E-state index in [-0.39, 0.29) is 24.8 Å². The number of halogens is 2. The van der Waals surface area contributed by atoms with Gasteiger partial charge in [-0.3, -0.25) is 22.3 Å². The van der Waals surface area contributed by atoms with Crippen LogP contribution in [0.5, 0.6) is 0 Å². The van der Waals surface area contributed by atoms with Crippen LogP contribution in [0.4, 0.5) is 0 Å². The molecule has 0 fully saturated rings. The van der Waals surface area contributed by atoms with Crippen LogP contribution in [0, 0.1) is 0 Å². The highest BCUT2D eigenvalue weighted by Crippen LogP contribution is 2.27. The summed E-state index contributed by atoms with van der Waals surface area (Å²) in [5, 5.41) is 14.2. The third kappa shape index (κ3) is 5.61. The highest BCUT2D eigenvalue weighted by molar-refractivity contribution is 8.13. The number of benzene rings is 2. The van der Waals surface area contributed by atoms with Crippen molar-refractivity contribution in [1.29, 1.82) is 0 Å². The van der Waals surface area contributed by atoms with Crippen molar-refractivity contribution in [1.82, 2.24) is 0 Å². The van der Waals surface area contributed by atoms with Gasteiger partial charge in [-0.15, -0.1) is 0 Å². The molecule has 0 atom stereocenters. The van der Waals surface area contributed by atoms with Gasteiger partial charge in [-0.25, -0.2) is 0 Å². The van der Waals surface area contributed by atoms with Crippen molar-refractivity contribution in [3.63, 3.8) is 0 Å². The Hall–Kier alpha value is -1.08. The third-order valence-electron chi connectivity index (χ3n) is 2.89.